The maximum absolute atomic E-state index is 9.56. The van der Waals surface area contributed by atoms with Gasteiger partial charge in [-0.05, 0) is 0 Å². The van der Waals surface area contributed by atoms with Crippen LogP contribution in [0.2, 0.25) is 0 Å². The van der Waals surface area contributed by atoms with Crippen LogP contribution >= 0.6 is 0 Å². The fraction of sp³-hybridized carbons (Fsp3) is 0.333. The first kappa shape index (κ1) is 22.3. The minimum Gasteiger partial charge on any atom is -0.726 e. The Labute approximate surface area is 120 Å². The van der Waals surface area contributed by atoms with Crippen LogP contribution in [0.15, 0.2) is 25.3 Å². The fourth-order valence-corrected chi connectivity index (χ4v) is 0.789. The van der Waals surface area contributed by atoms with Gasteiger partial charge in [-0.3, -0.25) is 8.37 Å². The molecule has 8 nitrogen and oxygen atoms in total. The van der Waals surface area contributed by atoms with E-state index in [-0.39, 0.29) is 40.5 Å². The molecule has 0 saturated heterocycles. The predicted molar refractivity (Wildman–Crippen MR) is 57.4 cm³/mol. The Hall–Kier alpha value is 0.142. The van der Waals surface area contributed by atoms with Crippen LogP contribution in [0.3, 0.4) is 0 Å². The van der Waals surface area contributed by atoms with Gasteiger partial charge in [-0.1, -0.05) is 12.2 Å². The van der Waals surface area contributed by atoms with Gasteiger partial charge < -0.3 is 9.11 Å². The number of hydrogen-bond donors (Lipinski definition) is 0. The predicted octanol–water partition coefficient (Wildman–Crippen LogP) is -1.08. The summed E-state index contributed by atoms with van der Waals surface area (Å²) in [5.74, 6) is 0. The Kier molecular flexibility index (Phi) is 14.8. The molecule has 0 rings (SSSR count). The molecule has 98 valence electrons. The number of rotatable bonds is 6. The topological polar surface area (TPSA) is 133 Å². The minimum absolute atomic E-state index is 0. The summed E-state index contributed by atoms with van der Waals surface area (Å²) in [5.41, 5.74) is 0. The second kappa shape index (κ2) is 11.2. The zero-order chi connectivity index (χ0) is 13.2. The van der Waals surface area contributed by atoms with E-state index in [1.165, 1.54) is 12.2 Å². The first-order chi connectivity index (χ1) is 7.12. The second-order valence-corrected chi connectivity index (χ2v) is 4.07. The van der Waals surface area contributed by atoms with Gasteiger partial charge in [-0.25, -0.2) is 16.8 Å². The normalized spacial score (nSPS) is 10.5. The van der Waals surface area contributed by atoms with Crippen molar-refractivity contribution in [2.45, 2.75) is 0 Å². The van der Waals surface area contributed by atoms with Crippen LogP contribution in [-0.2, 0) is 29.2 Å². The van der Waals surface area contributed by atoms with Gasteiger partial charge in [0.1, 0.15) is 0 Å². The maximum Gasteiger partial charge on any atom is 2.00 e. The third-order valence-electron chi connectivity index (χ3n) is 0.660. The Morgan fingerprint density at radius 3 is 1.18 bits per heavy atom. The van der Waals surface area contributed by atoms with Gasteiger partial charge in [0.05, 0.1) is 13.2 Å². The van der Waals surface area contributed by atoms with Crippen LogP contribution < -0.4 is 0 Å². The van der Waals surface area contributed by atoms with Gasteiger partial charge in [0.15, 0.2) is 0 Å². The third-order valence-corrected chi connectivity index (χ3v) is 1.51. The molecule has 17 heavy (non-hydrogen) atoms. The summed E-state index contributed by atoms with van der Waals surface area (Å²) < 4.78 is 64.7. The van der Waals surface area contributed by atoms with Crippen molar-refractivity contribution in [3.63, 3.8) is 0 Å². The average Bonchev–Trinajstić information content (AvgIpc) is 2.10. The molecule has 0 aromatic heterocycles. The van der Waals surface area contributed by atoms with E-state index < -0.39 is 20.8 Å². The molecule has 0 aliphatic carbocycles. The van der Waals surface area contributed by atoms with E-state index in [0.29, 0.717) is 0 Å². The monoisotopic (exact) mass is 482 g/mol. The molecule has 0 aromatic carbocycles. The molecule has 0 fully saturated rings. The molecular weight excluding hydrogens is 471 g/mol. The van der Waals surface area contributed by atoms with Crippen LogP contribution in [0.25, 0.3) is 0 Å². The molecule has 0 bridgehead atoms. The molecule has 0 heterocycles. The summed E-state index contributed by atoms with van der Waals surface area (Å²) in [6.45, 7) is 5.75. The third kappa shape index (κ3) is 31.4. The summed E-state index contributed by atoms with van der Waals surface area (Å²) in [5, 5.41) is 0. The van der Waals surface area contributed by atoms with Gasteiger partial charge in [0.2, 0.25) is 20.8 Å². The number of hydrogen-bond acceptors (Lipinski definition) is 8. The van der Waals surface area contributed by atoms with E-state index in [1.54, 1.807) is 0 Å². The molecule has 0 aliphatic heterocycles. The van der Waals surface area contributed by atoms with E-state index in [4.69, 9.17) is 0 Å². The second-order valence-electron chi connectivity index (χ2n) is 1.96. The molecule has 2 radical (unpaired) electrons. The summed E-state index contributed by atoms with van der Waals surface area (Å²) in [7, 11) is -9.02. The van der Waals surface area contributed by atoms with E-state index in [9.17, 15) is 25.9 Å². The van der Waals surface area contributed by atoms with Crippen molar-refractivity contribution >= 4 is 48.1 Å². The van der Waals surface area contributed by atoms with E-state index in [2.05, 4.69) is 21.5 Å². The standard InChI is InChI=1S/2C3H6O4S.Pb/c2*1-2-3-7-8(4,5)6;/h2*2H,1,3H2,(H,4,5,6);/q;;+2/p-2. The molecular formula is C6H10O8PbS2. The summed E-state index contributed by atoms with van der Waals surface area (Å²) in [6.07, 6.45) is 2.35. The van der Waals surface area contributed by atoms with E-state index in [0.717, 1.165) is 0 Å². The van der Waals surface area contributed by atoms with Gasteiger partial charge in [0.25, 0.3) is 0 Å². The zero-order valence-corrected chi connectivity index (χ0v) is 14.1. The van der Waals surface area contributed by atoms with Crippen molar-refractivity contribution in [1.29, 1.82) is 0 Å². The molecule has 0 unspecified atom stereocenters. The molecule has 11 heteroatoms. The quantitative estimate of drug-likeness (QED) is 0.202. The Morgan fingerprint density at radius 2 is 1.12 bits per heavy atom. The average molecular weight is 481 g/mol. The van der Waals surface area contributed by atoms with Crippen LogP contribution in [0.1, 0.15) is 0 Å². The molecule has 0 atom stereocenters. The Balaban J connectivity index is -0.000000218. The molecule has 0 amide bonds. The SMILES string of the molecule is C=CCOS(=O)(=O)[O-].C=CCOS(=O)(=O)[O-].[Pb+2]. The molecule has 0 aromatic rings. The van der Waals surface area contributed by atoms with Crippen LogP contribution in [0, 0.1) is 0 Å². The van der Waals surface area contributed by atoms with Gasteiger partial charge in [-0.2, -0.15) is 0 Å². The van der Waals surface area contributed by atoms with Crippen molar-refractivity contribution in [2.75, 3.05) is 13.2 Å². The largest absolute Gasteiger partial charge is 2.00 e. The molecule has 0 spiro atoms. The van der Waals surface area contributed by atoms with Crippen molar-refractivity contribution in [2.24, 2.45) is 0 Å². The van der Waals surface area contributed by atoms with E-state index in [1.807, 2.05) is 0 Å². The van der Waals surface area contributed by atoms with Crippen molar-refractivity contribution < 1.29 is 34.3 Å². The first-order valence-electron chi connectivity index (χ1n) is 3.54. The van der Waals surface area contributed by atoms with E-state index >= 15 is 0 Å². The molecule has 0 aliphatic rings. The Morgan fingerprint density at radius 1 is 0.882 bits per heavy atom. The maximum atomic E-state index is 9.56. The summed E-state index contributed by atoms with van der Waals surface area (Å²) in [4.78, 5) is 0. The van der Waals surface area contributed by atoms with Crippen LogP contribution in [0.4, 0.5) is 0 Å². The molecule has 0 saturated carbocycles. The zero-order valence-electron chi connectivity index (χ0n) is 8.57. The van der Waals surface area contributed by atoms with Crippen LogP contribution in [0.5, 0.6) is 0 Å². The molecule has 0 N–H and O–H groups in total. The first-order valence-corrected chi connectivity index (χ1v) is 6.21. The van der Waals surface area contributed by atoms with Gasteiger partial charge >= 0.3 is 27.3 Å². The summed E-state index contributed by atoms with van der Waals surface area (Å²) in [6, 6.07) is 0. The minimum atomic E-state index is -4.51. The Bertz CT molecular complexity index is 358. The van der Waals surface area contributed by atoms with Gasteiger partial charge in [-0.15, -0.1) is 13.2 Å². The van der Waals surface area contributed by atoms with Crippen LogP contribution in [-0.4, -0.2) is 66.5 Å². The smallest absolute Gasteiger partial charge is 0.726 e. The van der Waals surface area contributed by atoms with Crippen molar-refractivity contribution in [3.05, 3.63) is 25.3 Å². The summed E-state index contributed by atoms with van der Waals surface area (Å²) >= 11 is 0. The van der Waals surface area contributed by atoms with Crippen molar-refractivity contribution in [3.8, 4) is 0 Å². The fourth-order valence-electron chi connectivity index (χ4n) is 0.263. The van der Waals surface area contributed by atoms with Gasteiger partial charge in [0, 0.05) is 0 Å². The van der Waals surface area contributed by atoms with Crippen molar-refractivity contribution in [1.82, 2.24) is 0 Å².